The predicted octanol–water partition coefficient (Wildman–Crippen LogP) is 1.12. The molecule has 4 nitrogen and oxygen atoms in total. The Kier molecular flexibility index (Phi) is 2.42. The van der Waals surface area contributed by atoms with Gasteiger partial charge in [0, 0.05) is 23.6 Å². The van der Waals surface area contributed by atoms with Gasteiger partial charge in [-0.3, -0.25) is 0 Å². The number of pyridine rings is 1. The Morgan fingerprint density at radius 2 is 2.20 bits per heavy atom. The van der Waals surface area contributed by atoms with Crippen molar-refractivity contribution in [3.63, 3.8) is 0 Å². The molecule has 0 saturated carbocycles. The van der Waals surface area contributed by atoms with Crippen molar-refractivity contribution in [2.24, 2.45) is 0 Å². The van der Waals surface area contributed by atoms with Gasteiger partial charge in [-0.25, -0.2) is 13.4 Å². The van der Waals surface area contributed by atoms with Crippen molar-refractivity contribution in [2.45, 2.75) is 24.8 Å². The second kappa shape index (κ2) is 3.48. The Balaban J connectivity index is 2.60. The van der Waals surface area contributed by atoms with Gasteiger partial charge in [-0.1, -0.05) is 0 Å². The highest BCUT2D eigenvalue weighted by Gasteiger charge is 2.18. The number of ether oxygens (including phenoxy) is 1. The van der Waals surface area contributed by atoms with E-state index in [1.165, 1.54) is 6.07 Å². The Hall–Kier alpha value is -1.10. The molecule has 0 aromatic carbocycles. The lowest BCUT2D eigenvalue weighted by Crippen LogP contribution is -2.13. The molecule has 0 fully saturated rings. The molecule has 2 rings (SSSR count). The van der Waals surface area contributed by atoms with Crippen LogP contribution in [0.2, 0.25) is 0 Å². The first kappa shape index (κ1) is 10.4. The van der Waals surface area contributed by atoms with Crippen LogP contribution in [0.3, 0.4) is 0 Å². The maximum absolute atomic E-state index is 11.4. The molecule has 0 radical (unpaired) electrons. The molecule has 0 N–H and O–H groups in total. The molecule has 0 saturated heterocycles. The molecule has 0 atom stereocenters. The molecule has 0 unspecified atom stereocenters. The van der Waals surface area contributed by atoms with E-state index in [0.717, 1.165) is 30.4 Å². The summed E-state index contributed by atoms with van der Waals surface area (Å²) in [5, 5.41) is 0.0978. The molecule has 0 aliphatic carbocycles. The normalized spacial score (nSPS) is 15.6. The fraction of sp³-hybridized carbons (Fsp3) is 0.500. The summed E-state index contributed by atoms with van der Waals surface area (Å²) in [6.45, 7) is 2.47. The largest absolute Gasteiger partial charge is 0.493 e. The Bertz CT molecular complexity index is 494. The van der Waals surface area contributed by atoms with Gasteiger partial charge >= 0.3 is 0 Å². The van der Waals surface area contributed by atoms with Crippen molar-refractivity contribution in [2.75, 3.05) is 12.9 Å². The van der Waals surface area contributed by atoms with E-state index in [2.05, 4.69) is 4.98 Å². The molecule has 82 valence electrons. The average molecular weight is 227 g/mol. The third-order valence-corrected chi connectivity index (χ3v) is 3.44. The van der Waals surface area contributed by atoms with Crippen LogP contribution >= 0.6 is 0 Å². The lowest BCUT2D eigenvalue weighted by Gasteiger charge is -2.19. The maximum atomic E-state index is 11.4. The van der Waals surface area contributed by atoms with Gasteiger partial charge in [0.05, 0.1) is 6.61 Å². The Morgan fingerprint density at radius 1 is 1.47 bits per heavy atom. The quantitative estimate of drug-likeness (QED) is 0.721. The van der Waals surface area contributed by atoms with Crippen LogP contribution in [-0.2, 0) is 16.3 Å². The van der Waals surface area contributed by atoms with E-state index in [0.29, 0.717) is 12.4 Å². The number of sulfone groups is 1. The van der Waals surface area contributed by atoms with Crippen LogP contribution in [0.5, 0.6) is 5.75 Å². The summed E-state index contributed by atoms with van der Waals surface area (Å²) in [7, 11) is -3.25. The Morgan fingerprint density at radius 3 is 2.87 bits per heavy atom. The van der Waals surface area contributed by atoms with E-state index in [1.807, 2.05) is 6.92 Å². The smallest absolute Gasteiger partial charge is 0.192 e. The minimum absolute atomic E-state index is 0.0978. The van der Waals surface area contributed by atoms with Crippen LogP contribution in [0.25, 0.3) is 0 Å². The molecule has 0 spiro atoms. The zero-order valence-corrected chi connectivity index (χ0v) is 9.60. The highest BCUT2D eigenvalue weighted by molar-refractivity contribution is 7.90. The van der Waals surface area contributed by atoms with Crippen molar-refractivity contribution < 1.29 is 13.2 Å². The van der Waals surface area contributed by atoms with Crippen molar-refractivity contribution in [3.05, 3.63) is 17.3 Å². The van der Waals surface area contributed by atoms with Gasteiger partial charge in [-0.05, 0) is 19.8 Å². The second-order valence-corrected chi connectivity index (χ2v) is 5.71. The van der Waals surface area contributed by atoms with Crippen molar-refractivity contribution in [1.29, 1.82) is 0 Å². The standard InChI is InChI=1S/C10H13NO3S/c1-7-8-4-3-5-14-9(8)6-10(11-7)15(2,12)13/h6H,3-5H2,1-2H3. The molecule has 0 bridgehead atoms. The summed E-state index contributed by atoms with van der Waals surface area (Å²) >= 11 is 0. The first-order valence-corrected chi connectivity index (χ1v) is 6.71. The minimum Gasteiger partial charge on any atom is -0.493 e. The van der Waals surface area contributed by atoms with Crippen molar-refractivity contribution >= 4 is 9.84 Å². The van der Waals surface area contributed by atoms with Crippen LogP contribution in [0.15, 0.2) is 11.1 Å². The lowest BCUT2D eigenvalue weighted by molar-refractivity contribution is 0.285. The lowest BCUT2D eigenvalue weighted by atomic mass is 10.1. The SMILES string of the molecule is Cc1nc(S(C)(=O)=O)cc2c1CCCO2. The monoisotopic (exact) mass is 227 g/mol. The fourth-order valence-corrected chi connectivity index (χ4v) is 2.32. The van der Waals surface area contributed by atoms with Gasteiger partial charge in [0.1, 0.15) is 5.75 Å². The van der Waals surface area contributed by atoms with Gasteiger partial charge in [-0.15, -0.1) is 0 Å². The van der Waals surface area contributed by atoms with E-state index in [4.69, 9.17) is 4.74 Å². The van der Waals surface area contributed by atoms with Crippen molar-refractivity contribution in [3.8, 4) is 5.75 Å². The molecule has 1 aromatic rings. The maximum Gasteiger partial charge on any atom is 0.192 e. The summed E-state index contributed by atoms with van der Waals surface area (Å²) in [5.74, 6) is 0.675. The van der Waals surface area contributed by atoms with Crippen molar-refractivity contribution in [1.82, 2.24) is 4.98 Å². The summed E-state index contributed by atoms with van der Waals surface area (Å²) in [5.41, 5.74) is 1.79. The average Bonchev–Trinajstić information content (AvgIpc) is 2.16. The summed E-state index contributed by atoms with van der Waals surface area (Å²) < 4.78 is 28.1. The van der Waals surface area contributed by atoms with E-state index in [9.17, 15) is 8.42 Å². The molecule has 1 aliphatic rings. The van der Waals surface area contributed by atoms with Crippen LogP contribution < -0.4 is 4.74 Å². The van der Waals surface area contributed by atoms with E-state index >= 15 is 0 Å². The fourth-order valence-electron chi connectivity index (χ4n) is 1.70. The van der Waals surface area contributed by atoms with Gasteiger partial charge in [0.25, 0.3) is 0 Å². The van der Waals surface area contributed by atoms with E-state index in [1.54, 1.807) is 0 Å². The van der Waals surface area contributed by atoms with Gasteiger partial charge in [0.2, 0.25) is 0 Å². The number of aryl methyl sites for hydroxylation is 1. The molecule has 1 aliphatic heterocycles. The topological polar surface area (TPSA) is 56.3 Å². The van der Waals surface area contributed by atoms with Crippen LogP contribution in [-0.4, -0.2) is 26.3 Å². The Labute approximate surface area is 89.2 Å². The molecule has 0 amide bonds. The molecular weight excluding hydrogens is 214 g/mol. The number of hydrogen-bond donors (Lipinski definition) is 0. The summed E-state index contributed by atoms with van der Waals surface area (Å²) in [6.07, 6.45) is 3.04. The van der Waals surface area contributed by atoms with E-state index in [-0.39, 0.29) is 5.03 Å². The third-order valence-electron chi connectivity index (χ3n) is 2.48. The highest BCUT2D eigenvalue weighted by atomic mass is 32.2. The van der Waals surface area contributed by atoms with Gasteiger partial charge < -0.3 is 4.74 Å². The zero-order chi connectivity index (χ0) is 11.1. The predicted molar refractivity (Wildman–Crippen MR) is 55.9 cm³/mol. The molecule has 15 heavy (non-hydrogen) atoms. The molecule has 2 heterocycles. The molecular formula is C10H13NO3S. The van der Waals surface area contributed by atoms with Gasteiger partial charge in [-0.2, -0.15) is 0 Å². The first-order chi connectivity index (χ1) is 6.98. The minimum atomic E-state index is -3.25. The number of fused-ring (bicyclic) bond motifs is 1. The van der Waals surface area contributed by atoms with Gasteiger partial charge in [0.15, 0.2) is 14.9 Å². The molecule has 1 aromatic heterocycles. The number of hydrogen-bond acceptors (Lipinski definition) is 4. The summed E-state index contributed by atoms with van der Waals surface area (Å²) in [6, 6.07) is 1.52. The number of aromatic nitrogens is 1. The molecule has 5 heteroatoms. The zero-order valence-electron chi connectivity index (χ0n) is 8.78. The highest BCUT2D eigenvalue weighted by Crippen LogP contribution is 2.28. The van der Waals surface area contributed by atoms with Crippen LogP contribution in [0.1, 0.15) is 17.7 Å². The third kappa shape index (κ3) is 1.97. The summed E-state index contributed by atoms with van der Waals surface area (Å²) in [4.78, 5) is 4.09. The van der Waals surface area contributed by atoms with E-state index < -0.39 is 9.84 Å². The number of rotatable bonds is 1. The second-order valence-electron chi connectivity index (χ2n) is 3.75. The van der Waals surface area contributed by atoms with Crippen LogP contribution in [0, 0.1) is 6.92 Å². The van der Waals surface area contributed by atoms with Crippen LogP contribution in [0.4, 0.5) is 0 Å². The number of nitrogens with zero attached hydrogens (tertiary/aromatic N) is 1. The first-order valence-electron chi connectivity index (χ1n) is 4.82.